The van der Waals surface area contributed by atoms with Crippen molar-refractivity contribution >= 4 is 22.9 Å². The molecule has 1 aromatic rings. The lowest BCUT2D eigenvalue weighted by molar-refractivity contribution is -0.385. The summed E-state index contributed by atoms with van der Waals surface area (Å²) >= 11 is 1.18. The van der Waals surface area contributed by atoms with Gasteiger partial charge in [-0.25, -0.2) is 0 Å². The highest BCUT2D eigenvalue weighted by atomic mass is 32.1. The average molecular weight is 283 g/mol. The summed E-state index contributed by atoms with van der Waals surface area (Å²) in [6, 6.07) is 1.44. The molecule has 1 unspecified atom stereocenters. The quantitative estimate of drug-likeness (QED) is 0.678. The second-order valence-electron chi connectivity index (χ2n) is 4.69. The standard InChI is InChI=1S/C12H17N3O3S/c1-8-10(15(17)18)6-11(19-8)12(16)14-5-3-2-4-9(14)7-13/h6,9H,2-5,7,13H2,1H3. The van der Waals surface area contributed by atoms with E-state index in [1.165, 1.54) is 17.4 Å². The molecule has 1 aliphatic heterocycles. The predicted octanol–water partition coefficient (Wildman–Crippen LogP) is 1.92. The summed E-state index contributed by atoms with van der Waals surface area (Å²) in [7, 11) is 0. The molecule has 2 N–H and O–H groups in total. The molecule has 2 rings (SSSR count). The lowest BCUT2D eigenvalue weighted by Crippen LogP contribution is -2.47. The van der Waals surface area contributed by atoms with Crippen LogP contribution in [-0.4, -0.2) is 34.9 Å². The van der Waals surface area contributed by atoms with Crippen LogP contribution >= 0.6 is 11.3 Å². The Hall–Kier alpha value is -1.47. The molecule has 7 heteroatoms. The van der Waals surface area contributed by atoms with E-state index >= 15 is 0 Å². The minimum absolute atomic E-state index is 0.0228. The van der Waals surface area contributed by atoms with Crippen LogP contribution in [0, 0.1) is 17.0 Å². The second kappa shape index (κ2) is 5.66. The van der Waals surface area contributed by atoms with Crippen molar-refractivity contribution in [3.63, 3.8) is 0 Å². The second-order valence-corrected chi connectivity index (χ2v) is 5.95. The van der Waals surface area contributed by atoms with Gasteiger partial charge >= 0.3 is 0 Å². The van der Waals surface area contributed by atoms with Crippen molar-refractivity contribution in [2.24, 2.45) is 5.73 Å². The molecule has 0 spiro atoms. The summed E-state index contributed by atoms with van der Waals surface area (Å²) < 4.78 is 0. The van der Waals surface area contributed by atoms with E-state index in [0.29, 0.717) is 22.8 Å². The van der Waals surface area contributed by atoms with Gasteiger partial charge in [0.25, 0.3) is 11.6 Å². The molecule has 1 aromatic heterocycles. The number of nitro groups is 1. The zero-order chi connectivity index (χ0) is 14.0. The molecule has 0 bridgehead atoms. The maximum atomic E-state index is 12.4. The van der Waals surface area contributed by atoms with E-state index in [4.69, 9.17) is 5.73 Å². The monoisotopic (exact) mass is 283 g/mol. The lowest BCUT2D eigenvalue weighted by Gasteiger charge is -2.34. The van der Waals surface area contributed by atoms with Crippen molar-refractivity contribution in [2.45, 2.75) is 32.2 Å². The zero-order valence-corrected chi connectivity index (χ0v) is 11.6. The molecule has 104 valence electrons. The summed E-state index contributed by atoms with van der Waals surface area (Å²) in [5.74, 6) is -0.128. The van der Waals surface area contributed by atoms with Gasteiger partial charge in [0, 0.05) is 25.2 Å². The first kappa shape index (κ1) is 14.0. The fourth-order valence-corrected chi connectivity index (χ4v) is 3.36. The summed E-state index contributed by atoms with van der Waals surface area (Å²) in [6.45, 7) is 2.79. The van der Waals surface area contributed by atoms with Crippen molar-refractivity contribution in [2.75, 3.05) is 13.1 Å². The van der Waals surface area contributed by atoms with Crippen LogP contribution in [0.1, 0.15) is 33.8 Å². The minimum Gasteiger partial charge on any atom is -0.334 e. The van der Waals surface area contributed by atoms with Gasteiger partial charge in [-0.15, -0.1) is 11.3 Å². The molecule has 1 amide bonds. The highest BCUT2D eigenvalue weighted by Gasteiger charge is 2.29. The highest BCUT2D eigenvalue weighted by molar-refractivity contribution is 7.14. The van der Waals surface area contributed by atoms with Crippen molar-refractivity contribution in [3.8, 4) is 0 Å². The van der Waals surface area contributed by atoms with Gasteiger partial charge in [-0.1, -0.05) is 0 Å². The Morgan fingerprint density at radius 1 is 1.63 bits per heavy atom. The fourth-order valence-electron chi connectivity index (χ4n) is 2.41. The van der Waals surface area contributed by atoms with Gasteiger partial charge in [-0.05, 0) is 26.2 Å². The number of aryl methyl sites for hydroxylation is 1. The molecule has 19 heavy (non-hydrogen) atoms. The maximum absolute atomic E-state index is 12.4. The molecule has 1 fully saturated rings. The summed E-state index contributed by atoms with van der Waals surface area (Å²) in [4.78, 5) is 25.6. The normalized spacial score (nSPS) is 19.5. The molecule has 1 atom stereocenters. The van der Waals surface area contributed by atoms with Crippen molar-refractivity contribution < 1.29 is 9.72 Å². The molecule has 1 saturated heterocycles. The number of nitrogens with two attached hydrogens (primary N) is 1. The van der Waals surface area contributed by atoms with Crippen LogP contribution in [0.15, 0.2) is 6.07 Å². The third-order valence-electron chi connectivity index (χ3n) is 3.46. The number of carbonyl (C=O) groups is 1. The zero-order valence-electron chi connectivity index (χ0n) is 10.8. The number of likely N-dealkylation sites (tertiary alicyclic amines) is 1. The van der Waals surface area contributed by atoms with Gasteiger partial charge in [0.2, 0.25) is 0 Å². The van der Waals surface area contributed by atoms with Crippen LogP contribution < -0.4 is 5.73 Å². The number of amides is 1. The van der Waals surface area contributed by atoms with E-state index in [2.05, 4.69) is 0 Å². The number of carbonyl (C=O) groups excluding carboxylic acids is 1. The molecule has 1 aliphatic rings. The van der Waals surface area contributed by atoms with E-state index in [1.54, 1.807) is 11.8 Å². The number of thiophene rings is 1. The first-order valence-electron chi connectivity index (χ1n) is 6.30. The smallest absolute Gasteiger partial charge is 0.283 e. The van der Waals surface area contributed by atoms with Gasteiger partial charge in [0.15, 0.2) is 0 Å². The van der Waals surface area contributed by atoms with Crippen LogP contribution in [-0.2, 0) is 0 Å². The Morgan fingerprint density at radius 3 is 2.95 bits per heavy atom. The Labute approximate surface area is 115 Å². The maximum Gasteiger partial charge on any atom is 0.283 e. The molecular formula is C12H17N3O3S. The molecule has 6 nitrogen and oxygen atoms in total. The third-order valence-corrected chi connectivity index (χ3v) is 4.49. The van der Waals surface area contributed by atoms with E-state index in [-0.39, 0.29) is 17.6 Å². The van der Waals surface area contributed by atoms with Gasteiger partial charge in [-0.2, -0.15) is 0 Å². The largest absolute Gasteiger partial charge is 0.334 e. The Morgan fingerprint density at radius 2 is 2.37 bits per heavy atom. The minimum atomic E-state index is -0.445. The molecule has 2 heterocycles. The van der Waals surface area contributed by atoms with Crippen LogP contribution in [0.5, 0.6) is 0 Å². The number of hydrogen-bond donors (Lipinski definition) is 1. The highest BCUT2D eigenvalue weighted by Crippen LogP contribution is 2.30. The van der Waals surface area contributed by atoms with Crippen LogP contribution in [0.2, 0.25) is 0 Å². The topological polar surface area (TPSA) is 89.5 Å². The van der Waals surface area contributed by atoms with E-state index in [0.717, 1.165) is 19.3 Å². The van der Waals surface area contributed by atoms with Crippen molar-refractivity contribution in [1.29, 1.82) is 0 Å². The molecular weight excluding hydrogens is 266 g/mol. The number of rotatable bonds is 3. The van der Waals surface area contributed by atoms with Crippen LogP contribution in [0.25, 0.3) is 0 Å². The SMILES string of the molecule is Cc1sc(C(=O)N2CCCCC2CN)cc1[N+](=O)[O-]. The van der Waals surface area contributed by atoms with Crippen molar-refractivity contribution in [1.82, 2.24) is 4.90 Å². The Kier molecular flexibility index (Phi) is 4.16. The first-order chi connectivity index (χ1) is 9.04. The first-order valence-corrected chi connectivity index (χ1v) is 7.12. The van der Waals surface area contributed by atoms with Crippen LogP contribution in [0.4, 0.5) is 5.69 Å². The third kappa shape index (κ3) is 2.76. The molecule has 0 aromatic carbocycles. The summed E-state index contributed by atoms with van der Waals surface area (Å²) in [6.07, 6.45) is 2.96. The van der Waals surface area contributed by atoms with Crippen molar-refractivity contribution in [3.05, 3.63) is 25.9 Å². The summed E-state index contributed by atoms with van der Waals surface area (Å²) in [5, 5.41) is 10.8. The number of hydrogen-bond acceptors (Lipinski definition) is 5. The lowest BCUT2D eigenvalue weighted by atomic mass is 10.0. The number of piperidine rings is 1. The van der Waals surface area contributed by atoms with Gasteiger partial charge < -0.3 is 10.6 Å². The van der Waals surface area contributed by atoms with Gasteiger partial charge in [0.1, 0.15) is 0 Å². The van der Waals surface area contributed by atoms with E-state index in [1.807, 2.05) is 0 Å². The molecule has 0 aliphatic carbocycles. The number of nitrogens with zero attached hydrogens (tertiary/aromatic N) is 2. The van der Waals surface area contributed by atoms with E-state index in [9.17, 15) is 14.9 Å². The molecule has 0 radical (unpaired) electrons. The van der Waals surface area contributed by atoms with Gasteiger partial charge in [0.05, 0.1) is 14.7 Å². The van der Waals surface area contributed by atoms with Gasteiger partial charge in [-0.3, -0.25) is 14.9 Å². The predicted molar refractivity (Wildman–Crippen MR) is 73.4 cm³/mol. The van der Waals surface area contributed by atoms with E-state index < -0.39 is 4.92 Å². The Bertz CT molecular complexity index is 500. The Balaban J connectivity index is 2.23. The fraction of sp³-hybridized carbons (Fsp3) is 0.583. The molecule has 0 saturated carbocycles. The average Bonchev–Trinajstić information content (AvgIpc) is 2.80. The van der Waals surface area contributed by atoms with Crippen LogP contribution in [0.3, 0.4) is 0 Å². The summed E-state index contributed by atoms with van der Waals surface area (Å²) in [5.41, 5.74) is 5.72.